The molecule has 2 aromatic heterocycles. The molecule has 1 aliphatic rings. The van der Waals surface area contributed by atoms with E-state index in [1.54, 1.807) is 11.3 Å². The number of anilines is 1. The third kappa shape index (κ3) is 3.64. The highest BCUT2D eigenvalue weighted by Crippen LogP contribution is 2.28. The van der Waals surface area contributed by atoms with E-state index in [1.807, 2.05) is 42.3 Å². The first-order valence-corrected chi connectivity index (χ1v) is 10.3. The molecule has 0 bridgehead atoms. The maximum atomic E-state index is 12.8. The molecule has 0 unspecified atom stereocenters. The van der Waals surface area contributed by atoms with Gasteiger partial charge >= 0.3 is 0 Å². The van der Waals surface area contributed by atoms with Gasteiger partial charge in [-0.1, -0.05) is 12.1 Å². The van der Waals surface area contributed by atoms with E-state index in [1.165, 1.54) is 4.88 Å². The summed E-state index contributed by atoms with van der Waals surface area (Å²) in [6.07, 6.45) is 1.66. The van der Waals surface area contributed by atoms with E-state index in [-0.39, 0.29) is 11.8 Å². The highest BCUT2D eigenvalue weighted by Gasteiger charge is 2.29. The first-order valence-electron chi connectivity index (χ1n) is 8.70. The third-order valence-electron chi connectivity index (χ3n) is 4.80. The monoisotopic (exact) mass is 433 g/mol. The molecule has 3 aromatic rings. The van der Waals surface area contributed by atoms with Gasteiger partial charge in [0.05, 0.1) is 10.3 Å². The molecule has 0 saturated carbocycles. The van der Waals surface area contributed by atoms with Crippen molar-refractivity contribution in [3.63, 3.8) is 0 Å². The standard InChI is InChI=1S/C19H20BrN3O2S/c1-22(12-14-6-7-17(20)26-14)18(24)13-8-10-23(11-9-13)19-21-15-4-2-3-5-16(15)25-19/h2-7,13H,8-12H2,1H3. The summed E-state index contributed by atoms with van der Waals surface area (Å²) in [6, 6.07) is 12.5. The Bertz CT molecular complexity index is 881. The van der Waals surface area contributed by atoms with Gasteiger partial charge in [0.2, 0.25) is 5.91 Å². The summed E-state index contributed by atoms with van der Waals surface area (Å²) in [5.74, 6) is 0.302. The number of hydrogen-bond donors (Lipinski definition) is 0. The number of rotatable bonds is 4. The maximum Gasteiger partial charge on any atom is 0.298 e. The molecule has 4 rings (SSSR count). The fourth-order valence-electron chi connectivity index (χ4n) is 3.37. The Morgan fingerprint density at radius 1 is 1.31 bits per heavy atom. The number of halogens is 1. The molecule has 0 spiro atoms. The number of benzene rings is 1. The van der Waals surface area contributed by atoms with E-state index < -0.39 is 0 Å². The average Bonchev–Trinajstić information content (AvgIpc) is 3.27. The minimum Gasteiger partial charge on any atom is -0.423 e. The molecule has 26 heavy (non-hydrogen) atoms. The topological polar surface area (TPSA) is 49.6 Å². The molecule has 7 heteroatoms. The molecular formula is C19H20BrN3O2S. The molecule has 0 N–H and O–H groups in total. The van der Waals surface area contributed by atoms with Crippen molar-refractivity contribution in [2.75, 3.05) is 25.0 Å². The Balaban J connectivity index is 1.35. The fraction of sp³-hybridized carbons (Fsp3) is 0.368. The van der Waals surface area contributed by atoms with Crippen molar-refractivity contribution in [1.82, 2.24) is 9.88 Å². The van der Waals surface area contributed by atoms with Gasteiger partial charge < -0.3 is 14.2 Å². The first-order chi connectivity index (χ1) is 12.6. The van der Waals surface area contributed by atoms with Gasteiger partial charge in [0.1, 0.15) is 5.52 Å². The van der Waals surface area contributed by atoms with Crippen molar-refractivity contribution in [2.45, 2.75) is 19.4 Å². The molecule has 1 fully saturated rings. The molecule has 5 nitrogen and oxygen atoms in total. The smallest absolute Gasteiger partial charge is 0.298 e. The van der Waals surface area contributed by atoms with Crippen LogP contribution in [0.15, 0.2) is 44.6 Å². The number of oxazole rings is 1. The predicted molar refractivity (Wildman–Crippen MR) is 107 cm³/mol. The van der Waals surface area contributed by atoms with Crippen LogP contribution >= 0.6 is 27.3 Å². The Morgan fingerprint density at radius 3 is 2.77 bits per heavy atom. The molecule has 1 amide bonds. The Labute approximate surface area is 164 Å². The molecule has 0 radical (unpaired) electrons. The van der Waals surface area contributed by atoms with Crippen LogP contribution in [-0.4, -0.2) is 35.9 Å². The normalized spacial score (nSPS) is 15.5. The lowest BCUT2D eigenvalue weighted by Gasteiger charge is -2.32. The molecule has 1 aliphatic heterocycles. The largest absolute Gasteiger partial charge is 0.423 e. The van der Waals surface area contributed by atoms with Crippen LogP contribution in [0.4, 0.5) is 6.01 Å². The number of thiophene rings is 1. The van der Waals surface area contributed by atoms with Crippen LogP contribution in [0.2, 0.25) is 0 Å². The summed E-state index contributed by atoms with van der Waals surface area (Å²) < 4.78 is 6.95. The predicted octanol–water partition coefficient (Wildman–Crippen LogP) is 4.53. The number of carbonyl (C=O) groups is 1. The van der Waals surface area contributed by atoms with E-state index in [0.717, 1.165) is 40.8 Å². The average molecular weight is 434 g/mol. The molecule has 1 saturated heterocycles. The molecule has 136 valence electrons. The SMILES string of the molecule is CN(Cc1ccc(Br)s1)C(=O)C1CCN(c2nc3ccccc3o2)CC1. The summed E-state index contributed by atoms with van der Waals surface area (Å²) in [5, 5.41) is 0. The number of carbonyl (C=O) groups excluding carboxylic acids is 1. The number of nitrogens with zero attached hydrogens (tertiary/aromatic N) is 3. The number of fused-ring (bicyclic) bond motifs is 1. The maximum absolute atomic E-state index is 12.8. The summed E-state index contributed by atoms with van der Waals surface area (Å²) in [6.45, 7) is 2.25. The molecule has 1 aromatic carbocycles. The van der Waals surface area contributed by atoms with Crippen LogP contribution in [0.25, 0.3) is 11.1 Å². The minimum absolute atomic E-state index is 0.0732. The van der Waals surface area contributed by atoms with Crippen molar-refractivity contribution < 1.29 is 9.21 Å². The summed E-state index contributed by atoms with van der Waals surface area (Å²) in [5.41, 5.74) is 1.69. The van der Waals surface area contributed by atoms with Crippen LogP contribution in [-0.2, 0) is 11.3 Å². The second-order valence-corrected chi connectivity index (χ2v) is 9.17. The number of hydrogen-bond acceptors (Lipinski definition) is 5. The van der Waals surface area contributed by atoms with Crippen LogP contribution in [0.5, 0.6) is 0 Å². The van der Waals surface area contributed by atoms with Crippen molar-refractivity contribution in [1.29, 1.82) is 0 Å². The van der Waals surface area contributed by atoms with E-state index in [0.29, 0.717) is 12.6 Å². The van der Waals surface area contributed by atoms with Gasteiger partial charge in [-0.3, -0.25) is 4.79 Å². The second kappa shape index (κ2) is 7.40. The van der Waals surface area contributed by atoms with Crippen molar-refractivity contribution >= 4 is 50.3 Å². The van der Waals surface area contributed by atoms with Crippen LogP contribution in [0, 0.1) is 5.92 Å². The van der Waals surface area contributed by atoms with E-state index in [4.69, 9.17) is 4.42 Å². The van der Waals surface area contributed by atoms with Crippen molar-refractivity contribution in [2.24, 2.45) is 5.92 Å². The summed E-state index contributed by atoms with van der Waals surface area (Å²) in [4.78, 5) is 22.5. The third-order valence-corrected chi connectivity index (χ3v) is 6.40. The summed E-state index contributed by atoms with van der Waals surface area (Å²) in [7, 11) is 1.89. The lowest BCUT2D eigenvalue weighted by atomic mass is 9.95. The lowest BCUT2D eigenvalue weighted by molar-refractivity contribution is -0.135. The van der Waals surface area contributed by atoms with Gasteiger partial charge in [0.25, 0.3) is 6.01 Å². The highest BCUT2D eigenvalue weighted by molar-refractivity contribution is 9.11. The molecule has 0 atom stereocenters. The highest BCUT2D eigenvalue weighted by atomic mass is 79.9. The van der Waals surface area contributed by atoms with Gasteiger partial charge in [0, 0.05) is 30.9 Å². The Kier molecular flexibility index (Phi) is 5.00. The zero-order valence-electron chi connectivity index (χ0n) is 14.5. The van der Waals surface area contributed by atoms with Gasteiger partial charge in [-0.15, -0.1) is 11.3 Å². The van der Waals surface area contributed by atoms with E-state index in [9.17, 15) is 4.79 Å². The van der Waals surface area contributed by atoms with Gasteiger partial charge in [-0.05, 0) is 53.0 Å². The molecular weight excluding hydrogens is 414 g/mol. The van der Waals surface area contributed by atoms with E-state index >= 15 is 0 Å². The van der Waals surface area contributed by atoms with Crippen molar-refractivity contribution in [3.05, 3.63) is 45.1 Å². The van der Waals surface area contributed by atoms with Crippen LogP contribution in [0.1, 0.15) is 17.7 Å². The number of aromatic nitrogens is 1. The quantitative estimate of drug-likeness (QED) is 0.606. The lowest BCUT2D eigenvalue weighted by Crippen LogP contribution is -2.41. The van der Waals surface area contributed by atoms with E-state index in [2.05, 4.69) is 31.9 Å². The molecule has 3 heterocycles. The summed E-state index contributed by atoms with van der Waals surface area (Å²) >= 11 is 5.15. The first kappa shape index (κ1) is 17.5. The van der Waals surface area contributed by atoms with Gasteiger partial charge in [-0.25, -0.2) is 0 Å². The Morgan fingerprint density at radius 2 is 2.08 bits per heavy atom. The van der Waals surface area contributed by atoms with Crippen LogP contribution in [0.3, 0.4) is 0 Å². The minimum atomic E-state index is 0.0732. The molecule has 0 aliphatic carbocycles. The number of piperidine rings is 1. The number of amides is 1. The van der Waals surface area contributed by atoms with Crippen molar-refractivity contribution in [3.8, 4) is 0 Å². The zero-order valence-corrected chi connectivity index (χ0v) is 16.9. The second-order valence-electron chi connectivity index (χ2n) is 6.63. The Hall–Kier alpha value is -1.86. The van der Waals surface area contributed by atoms with Gasteiger partial charge in [-0.2, -0.15) is 4.98 Å². The zero-order chi connectivity index (χ0) is 18.1. The number of para-hydroxylation sites is 2. The van der Waals surface area contributed by atoms with Gasteiger partial charge in [0.15, 0.2) is 5.58 Å². The van der Waals surface area contributed by atoms with Crippen LogP contribution < -0.4 is 4.90 Å². The fourth-order valence-corrected chi connectivity index (χ4v) is 4.91.